The normalized spacial score (nSPS) is 10.9. The standard InChI is InChI=1S/C29H24ClN3O6/c1-32(16-17-34)22-9-2-19(3-10-22)4-13-26(35)20-5-7-21(8-6-20)31-29(36)28-15-14-27(39-28)24-18-23(33(37)38)11-12-25(24)30/h2-15,18,34H,16-17H2,1H3,(H,31,36)/b13-4+. The minimum Gasteiger partial charge on any atom is -0.451 e. The Morgan fingerprint density at radius 3 is 2.44 bits per heavy atom. The third-order valence-electron chi connectivity index (χ3n) is 5.88. The molecule has 0 aliphatic carbocycles. The smallest absolute Gasteiger partial charge is 0.291 e. The van der Waals surface area contributed by atoms with Crippen LogP contribution in [0.25, 0.3) is 17.4 Å². The fourth-order valence-electron chi connectivity index (χ4n) is 3.72. The summed E-state index contributed by atoms with van der Waals surface area (Å²) < 4.78 is 5.59. The van der Waals surface area contributed by atoms with Gasteiger partial charge in [0.15, 0.2) is 11.5 Å². The van der Waals surface area contributed by atoms with E-state index in [1.807, 2.05) is 36.2 Å². The second-order valence-electron chi connectivity index (χ2n) is 8.55. The highest BCUT2D eigenvalue weighted by Crippen LogP contribution is 2.32. The van der Waals surface area contributed by atoms with Gasteiger partial charge in [-0.3, -0.25) is 19.7 Å². The number of carbonyl (C=O) groups excluding carboxylic acids is 2. The second-order valence-corrected chi connectivity index (χ2v) is 8.96. The lowest BCUT2D eigenvalue weighted by molar-refractivity contribution is -0.384. The topological polar surface area (TPSA) is 126 Å². The van der Waals surface area contributed by atoms with Crippen molar-refractivity contribution in [3.63, 3.8) is 0 Å². The third-order valence-corrected chi connectivity index (χ3v) is 6.21. The highest BCUT2D eigenvalue weighted by atomic mass is 35.5. The molecule has 2 N–H and O–H groups in total. The Labute approximate surface area is 229 Å². The van der Waals surface area contributed by atoms with Gasteiger partial charge in [-0.15, -0.1) is 0 Å². The van der Waals surface area contributed by atoms with Crippen LogP contribution in [0.5, 0.6) is 0 Å². The molecule has 0 unspecified atom stereocenters. The Morgan fingerprint density at radius 2 is 1.77 bits per heavy atom. The Hall–Kier alpha value is -4.73. The van der Waals surface area contributed by atoms with Gasteiger partial charge in [-0.1, -0.05) is 29.8 Å². The van der Waals surface area contributed by atoms with Crippen molar-refractivity contribution in [3.05, 3.63) is 117 Å². The molecular weight excluding hydrogens is 522 g/mol. The molecular formula is C29H24ClN3O6. The number of nitro benzene ring substituents is 1. The largest absolute Gasteiger partial charge is 0.451 e. The number of nitrogens with one attached hydrogen (secondary N) is 1. The van der Waals surface area contributed by atoms with Crippen LogP contribution in [0.1, 0.15) is 26.5 Å². The molecule has 0 radical (unpaired) electrons. The van der Waals surface area contributed by atoms with Crippen LogP contribution in [0.3, 0.4) is 0 Å². The van der Waals surface area contributed by atoms with E-state index in [0.29, 0.717) is 23.4 Å². The first kappa shape index (κ1) is 27.3. The first-order chi connectivity index (χ1) is 18.7. The van der Waals surface area contributed by atoms with Crippen molar-refractivity contribution in [3.8, 4) is 11.3 Å². The molecule has 0 aliphatic rings. The first-order valence-corrected chi connectivity index (χ1v) is 12.2. The quantitative estimate of drug-likeness (QED) is 0.107. The van der Waals surface area contributed by atoms with Gasteiger partial charge in [-0.2, -0.15) is 0 Å². The fraction of sp³-hybridized carbons (Fsp3) is 0.103. The van der Waals surface area contributed by atoms with Crippen LogP contribution in [-0.2, 0) is 0 Å². The number of hydrogen-bond acceptors (Lipinski definition) is 7. The number of likely N-dealkylation sites (N-methyl/N-ethyl adjacent to an activating group) is 1. The van der Waals surface area contributed by atoms with Crippen LogP contribution >= 0.6 is 11.6 Å². The minimum absolute atomic E-state index is 0.00997. The number of non-ortho nitro benzene ring substituents is 1. The summed E-state index contributed by atoms with van der Waals surface area (Å²) in [6.45, 7) is 0.596. The lowest BCUT2D eigenvalue weighted by Crippen LogP contribution is -2.20. The van der Waals surface area contributed by atoms with E-state index >= 15 is 0 Å². The number of halogens is 1. The van der Waals surface area contributed by atoms with Crippen molar-refractivity contribution in [2.75, 3.05) is 30.4 Å². The van der Waals surface area contributed by atoms with E-state index in [9.17, 15) is 19.7 Å². The molecule has 9 nitrogen and oxygen atoms in total. The molecule has 3 aromatic carbocycles. The summed E-state index contributed by atoms with van der Waals surface area (Å²) in [7, 11) is 1.89. The number of amides is 1. The number of anilines is 2. The number of carbonyl (C=O) groups is 2. The van der Waals surface area contributed by atoms with Crippen molar-refractivity contribution in [2.45, 2.75) is 0 Å². The van der Waals surface area contributed by atoms with E-state index in [0.717, 1.165) is 11.3 Å². The van der Waals surface area contributed by atoms with Gasteiger partial charge in [0.25, 0.3) is 11.6 Å². The SMILES string of the molecule is CN(CCO)c1ccc(/C=C/C(=O)c2ccc(NC(=O)c3ccc(-c4cc([N+](=O)[O-])ccc4Cl)o3)cc2)cc1. The van der Waals surface area contributed by atoms with Crippen LogP contribution in [-0.4, -0.2) is 41.9 Å². The van der Waals surface area contributed by atoms with Gasteiger partial charge >= 0.3 is 0 Å². The Kier molecular flexibility index (Phi) is 8.55. The molecule has 0 spiro atoms. The summed E-state index contributed by atoms with van der Waals surface area (Å²) in [6, 6.07) is 20.9. The van der Waals surface area contributed by atoms with Crippen molar-refractivity contribution in [1.29, 1.82) is 0 Å². The van der Waals surface area contributed by atoms with Gasteiger partial charge in [0, 0.05) is 48.2 Å². The highest BCUT2D eigenvalue weighted by Gasteiger charge is 2.17. The maximum Gasteiger partial charge on any atom is 0.291 e. The summed E-state index contributed by atoms with van der Waals surface area (Å²) >= 11 is 6.15. The van der Waals surface area contributed by atoms with E-state index < -0.39 is 10.8 Å². The van der Waals surface area contributed by atoms with Crippen molar-refractivity contribution in [2.24, 2.45) is 0 Å². The van der Waals surface area contributed by atoms with Crippen LogP contribution < -0.4 is 10.2 Å². The van der Waals surface area contributed by atoms with Crippen molar-refractivity contribution < 1.29 is 24.0 Å². The predicted molar refractivity (Wildman–Crippen MR) is 150 cm³/mol. The molecule has 0 saturated heterocycles. The van der Waals surface area contributed by atoms with E-state index in [1.54, 1.807) is 30.3 Å². The number of nitro groups is 1. The number of allylic oxidation sites excluding steroid dienone is 1. The van der Waals surface area contributed by atoms with Gasteiger partial charge in [-0.25, -0.2) is 0 Å². The summed E-state index contributed by atoms with van der Waals surface area (Å²) in [5.74, 6) is -0.522. The van der Waals surface area contributed by atoms with E-state index in [1.165, 1.54) is 36.4 Å². The molecule has 0 atom stereocenters. The van der Waals surface area contributed by atoms with Gasteiger partial charge in [-0.05, 0) is 66.2 Å². The lowest BCUT2D eigenvalue weighted by Gasteiger charge is -2.17. The molecule has 0 fully saturated rings. The molecule has 10 heteroatoms. The van der Waals surface area contributed by atoms with E-state index in [4.69, 9.17) is 21.1 Å². The van der Waals surface area contributed by atoms with Gasteiger partial charge < -0.3 is 19.7 Å². The zero-order chi connectivity index (χ0) is 27.9. The average molecular weight is 546 g/mol. The molecule has 0 aliphatic heterocycles. The van der Waals surface area contributed by atoms with Crippen molar-refractivity contribution >= 4 is 46.4 Å². The number of hydrogen-bond donors (Lipinski definition) is 2. The number of nitrogens with zero attached hydrogens (tertiary/aromatic N) is 2. The highest BCUT2D eigenvalue weighted by molar-refractivity contribution is 6.33. The zero-order valence-corrected chi connectivity index (χ0v) is 21.6. The van der Waals surface area contributed by atoms with Crippen LogP contribution in [0.15, 0.2) is 89.4 Å². The third kappa shape index (κ3) is 6.78. The number of ketones is 1. The minimum atomic E-state index is -0.544. The molecule has 1 aromatic heterocycles. The van der Waals surface area contributed by atoms with Crippen LogP contribution in [0, 0.1) is 10.1 Å². The van der Waals surface area contributed by atoms with Gasteiger partial charge in [0.1, 0.15) is 5.76 Å². The molecule has 4 aromatic rings. The second kappa shape index (κ2) is 12.2. The van der Waals surface area contributed by atoms with Gasteiger partial charge in [0.05, 0.1) is 16.6 Å². The molecule has 1 amide bonds. The monoisotopic (exact) mass is 545 g/mol. The van der Waals surface area contributed by atoms with E-state index in [2.05, 4.69) is 5.32 Å². The number of benzene rings is 3. The predicted octanol–water partition coefficient (Wildman–Crippen LogP) is 6.09. The number of aliphatic hydroxyl groups excluding tert-OH is 1. The van der Waals surface area contributed by atoms with Crippen LogP contribution in [0.4, 0.5) is 17.1 Å². The molecule has 0 saturated carbocycles. The van der Waals surface area contributed by atoms with Gasteiger partial charge in [0.2, 0.25) is 0 Å². The first-order valence-electron chi connectivity index (χ1n) is 11.8. The summed E-state index contributed by atoms with van der Waals surface area (Å²) in [4.78, 5) is 37.7. The Morgan fingerprint density at radius 1 is 1.05 bits per heavy atom. The van der Waals surface area contributed by atoms with Crippen LogP contribution in [0.2, 0.25) is 5.02 Å². The molecule has 4 rings (SSSR count). The summed E-state index contributed by atoms with van der Waals surface area (Å²) in [5, 5.41) is 23.1. The molecule has 1 heterocycles. The lowest BCUT2D eigenvalue weighted by atomic mass is 10.1. The molecule has 39 heavy (non-hydrogen) atoms. The maximum absolute atomic E-state index is 12.7. The zero-order valence-electron chi connectivity index (χ0n) is 20.8. The maximum atomic E-state index is 12.7. The molecule has 0 bridgehead atoms. The van der Waals surface area contributed by atoms with E-state index in [-0.39, 0.29) is 34.6 Å². The number of rotatable bonds is 10. The fourth-order valence-corrected chi connectivity index (χ4v) is 3.93. The summed E-state index contributed by atoms with van der Waals surface area (Å²) in [6.07, 6.45) is 3.19. The molecule has 198 valence electrons. The average Bonchev–Trinajstić information content (AvgIpc) is 3.43. The summed E-state index contributed by atoms with van der Waals surface area (Å²) in [5.41, 5.74) is 2.87. The Bertz CT molecular complexity index is 1530. The number of aliphatic hydroxyl groups is 1. The number of furan rings is 1. The van der Waals surface area contributed by atoms with Crippen molar-refractivity contribution in [1.82, 2.24) is 0 Å². The Balaban J connectivity index is 1.38.